The Bertz CT molecular complexity index is 727. The van der Waals surface area contributed by atoms with E-state index in [1.54, 1.807) is 0 Å². The van der Waals surface area contributed by atoms with Crippen LogP contribution in [0.1, 0.15) is 25.0 Å². The Labute approximate surface area is 136 Å². The Hall–Kier alpha value is -2.13. The molecule has 3 heteroatoms. The predicted molar refractivity (Wildman–Crippen MR) is 90.5 cm³/mol. The third kappa shape index (κ3) is 2.45. The number of hydrogen-bond acceptors (Lipinski definition) is 2. The third-order valence-electron chi connectivity index (χ3n) is 5.02. The normalized spacial score (nSPS) is 29.3. The zero-order chi connectivity index (χ0) is 16.0. The van der Waals surface area contributed by atoms with Gasteiger partial charge >= 0.3 is 0 Å². The van der Waals surface area contributed by atoms with Crippen molar-refractivity contribution in [3.63, 3.8) is 0 Å². The van der Waals surface area contributed by atoms with E-state index in [2.05, 4.69) is 43.3 Å². The minimum atomic E-state index is 0.0507. The summed E-state index contributed by atoms with van der Waals surface area (Å²) in [5.41, 5.74) is 3.48. The zero-order valence-electron chi connectivity index (χ0n) is 13.5. The monoisotopic (exact) mass is 307 g/mol. The van der Waals surface area contributed by atoms with Crippen LogP contribution in [0.15, 0.2) is 54.6 Å². The minimum absolute atomic E-state index is 0.0507. The number of hydrogen-bond donors (Lipinski definition) is 0. The number of ether oxygens (including phenoxy) is 1. The van der Waals surface area contributed by atoms with E-state index >= 15 is 0 Å². The molecule has 4 atom stereocenters. The van der Waals surface area contributed by atoms with Crippen molar-refractivity contribution in [2.75, 3.05) is 4.90 Å². The van der Waals surface area contributed by atoms with Crippen molar-refractivity contribution in [2.24, 2.45) is 5.92 Å². The topological polar surface area (TPSA) is 32.8 Å². The second-order valence-corrected chi connectivity index (χ2v) is 6.58. The minimum Gasteiger partial charge on any atom is -0.368 e. The van der Waals surface area contributed by atoms with Crippen LogP contribution < -0.4 is 4.90 Å². The number of carbonyl (C=O) groups is 1. The first kappa shape index (κ1) is 14.5. The maximum absolute atomic E-state index is 12.5. The first-order valence-electron chi connectivity index (χ1n) is 8.27. The molecule has 2 fully saturated rings. The SMILES string of the molecule is CC1OC1C1C(C)C(=O)N1c1ccccc1Cc1ccccc1. The second kappa shape index (κ2) is 5.50. The number of carbonyl (C=O) groups excluding carboxylic acids is 1. The second-order valence-electron chi connectivity index (χ2n) is 6.58. The number of amides is 1. The molecule has 4 unspecified atom stereocenters. The van der Waals surface area contributed by atoms with E-state index in [1.165, 1.54) is 11.1 Å². The van der Waals surface area contributed by atoms with E-state index in [1.807, 2.05) is 30.0 Å². The van der Waals surface area contributed by atoms with Crippen molar-refractivity contribution in [3.8, 4) is 0 Å². The fourth-order valence-electron chi connectivity index (χ4n) is 3.64. The van der Waals surface area contributed by atoms with Crippen LogP contribution in [0.4, 0.5) is 5.69 Å². The Balaban J connectivity index is 1.65. The van der Waals surface area contributed by atoms with Crippen LogP contribution in [0.25, 0.3) is 0 Å². The van der Waals surface area contributed by atoms with Gasteiger partial charge in [0.1, 0.15) is 6.10 Å². The van der Waals surface area contributed by atoms with Crippen molar-refractivity contribution in [3.05, 3.63) is 65.7 Å². The van der Waals surface area contributed by atoms with Gasteiger partial charge in [-0.05, 0) is 30.5 Å². The fraction of sp³-hybridized carbons (Fsp3) is 0.350. The van der Waals surface area contributed by atoms with E-state index in [0.717, 1.165) is 12.1 Å². The highest BCUT2D eigenvalue weighted by Gasteiger charge is 2.57. The van der Waals surface area contributed by atoms with E-state index in [-0.39, 0.29) is 30.1 Å². The molecule has 1 amide bonds. The van der Waals surface area contributed by atoms with Gasteiger partial charge in [-0.3, -0.25) is 4.79 Å². The quantitative estimate of drug-likeness (QED) is 0.640. The first-order valence-corrected chi connectivity index (χ1v) is 8.27. The average Bonchev–Trinajstić information content (AvgIpc) is 3.29. The van der Waals surface area contributed by atoms with Gasteiger partial charge in [0.15, 0.2) is 0 Å². The molecule has 2 saturated heterocycles. The Morgan fingerprint density at radius 1 is 1.00 bits per heavy atom. The van der Waals surface area contributed by atoms with Gasteiger partial charge in [0.2, 0.25) is 5.91 Å². The number of para-hydroxylation sites is 1. The number of anilines is 1. The molecule has 3 nitrogen and oxygen atoms in total. The van der Waals surface area contributed by atoms with Crippen molar-refractivity contribution < 1.29 is 9.53 Å². The summed E-state index contributed by atoms with van der Waals surface area (Å²) < 4.78 is 5.66. The summed E-state index contributed by atoms with van der Waals surface area (Å²) in [5, 5.41) is 0. The van der Waals surface area contributed by atoms with Crippen LogP contribution in [0.2, 0.25) is 0 Å². The van der Waals surface area contributed by atoms with Crippen molar-refractivity contribution in [1.29, 1.82) is 0 Å². The van der Waals surface area contributed by atoms with Crippen LogP contribution in [0.3, 0.4) is 0 Å². The highest BCUT2D eigenvalue weighted by molar-refractivity contribution is 6.03. The van der Waals surface area contributed by atoms with Crippen LogP contribution in [-0.4, -0.2) is 24.2 Å². The molecular formula is C20H21NO2. The Morgan fingerprint density at radius 3 is 2.35 bits per heavy atom. The van der Waals surface area contributed by atoms with Gasteiger partial charge < -0.3 is 9.64 Å². The maximum Gasteiger partial charge on any atom is 0.232 e. The molecule has 2 aliphatic heterocycles. The van der Waals surface area contributed by atoms with E-state index in [9.17, 15) is 4.79 Å². The molecule has 2 aromatic carbocycles. The number of benzene rings is 2. The maximum atomic E-state index is 12.5. The lowest BCUT2D eigenvalue weighted by atomic mass is 9.84. The molecular weight excluding hydrogens is 286 g/mol. The molecule has 2 heterocycles. The molecule has 2 aromatic rings. The zero-order valence-corrected chi connectivity index (χ0v) is 13.5. The van der Waals surface area contributed by atoms with Crippen molar-refractivity contribution in [1.82, 2.24) is 0 Å². The van der Waals surface area contributed by atoms with Gasteiger partial charge in [0, 0.05) is 5.69 Å². The summed E-state index contributed by atoms with van der Waals surface area (Å²) in [6.45, 7) is 4.09. The molecule has 4 rings (SSSR count). The van der Waals surface area contributed by atoms with Crippen LogP contribution in [0.5, 0.6) is 0 Å². The molecule has 23 heavy (non-hydrogen) atoms. The lowest BCUT2D eigenvalue weighted by molar-refractivity contribution is -0.129. The van der Waals surface area contributed by atoms with Crippen LogP contribution in [0, 0.1) is 5.92 Å². The van der Waals surface area contributed by atoms with E-state index in [0.29, 0.717) is 0 Å². The lowest BCUT2D eigenvalue weighted by Gasteiger charge is -2.46. The van der Waals surface area contributed by atoms with Crippen LogP contribution >= 0.6 is 0 Å². The molecule has 0 bridgehead atoms. The Kier molecular flexibility index (Phi) is 3.46. The number of nitrogens with zero attached hydrogens (tertiary/aromatic N) is 1. The smallest absolute Gasteiger partial charge is 0.232 e. The molecule has 0 aromatic heterocycles. The average molecular weight is 307 g/mol. The van der Waals surface area contributed by atoms with Gasteiger partial charge in [-0.2, -0.15) is 0 Å². The third-order valence-corrected chi connectivity index (χ3v) is 5.02. The molecule has 0 aliphatic carbocycles. The Morgan fingerprint density at radius 2 is 1.65 bits per heavy atom. The predicted octanol–water partition coefficient (Wildman–Crippen LogP) is 3.42. The van der Waals surface area contributed by atoms with Crippen LogP contribution in [-0.2, 0) is 16.0 Å². The van der Waals surface area contributed by atoms with E-state index in [4.69, 9.17) is 4.74 Å². The number of epoxide rings is 1. The molecule has 0 spiro atoms. The highest BCUT2D eigenvalue weighted by Crippen LogP contribution is 2.43. The molecule has 2 aliphatic rings. The standard InChI is InChI=1S/C20H21NO2/c1-13-18(19-14(2)23-19)21(20(13)22)17-11-7-6-10-16(17)12-15-8-4-3-5-9-15/h3-11,13-14,18-19H,12H2,1-2H3. The summed E-state index contributed by atoms with van der Waals surface area (Å²) in [7, 11) is 0. The molecule has 0 N–H and O–H groups in total. The summed E-state index contributed by atoms with van der Waals surface area (Å²) in [6, 6.07) is 18.8. The molecule has 0 saturated carbocycles. The van der Waals surface area contributed by atoms with Gasteiger partial charge in [0.05, 0.1) is 18.1 Å². The number of rotatable bonds is 4. The summed E-state index contributed by atoms with van der Waals surface area (Å²) >= 11 is 0. The highest BCUT2D eigenvalue weighted by atomic mass is 16.6. The fourth-order valence-corrected chi connectivity index (χ4v) is 3.64. The van der Waals surface area contributed by atoms with Crippen molar-refractivity contribution in [2.45, 2.75) is 38.5 Å². The number of β-lactam (4-membered cyclic amide) rings is 1. The lowest BCUT2D eigenvalue weighted by Crippen LogP contribution is -2.63. The van der Waals surface area contributed by atoms with E-state index < -0.39 is 0 Å². The first-order chi connectivity index (χ1) is 11.2. The van der Waals surface area contributed by atoms with Gasteiger partial charge in [-0.25, -0.2) is 0 Å². The van der Waals surface area contributed by atoms with Gasteiger partial charge in [-0.1, -0.05) is 55.5 Å². The molecule has 0 radical (unpaired) electrons. The van der Waals surface area contributed by atoms with Crippen molar-refractivity contribution >= 4 is 11.6 Å². The largest absolute Gasteiger partial charge is 0.368 e. The van der Waals surface area contributed by atoms with Gasteiger partial charge in [0.25, 0.3) is 0 Å². The van der Waals surface area contributed by atoms with Gasteiger partial charge in [-0.15, -0.1) is 0 Å². The summed E-state index contributed by atoms with van der Waals surface area (Å²) in [6.07, 6.45) is 1.29. The molecule has 118 valence electrons. The summed E-state index contributed by atoms with van der Waals surface area (Å²) in [5.74, 6) is 0.257. The summed E-state index contributed by atoms with van der Waals surface area (Å²) in [4.78, 5) is 14.4.